The Bertz CT molecular complexity index is 124. The molecule has 0 saturated carbocycles. The average molecular weight is 194 g/mol. The van der Waals surface area contributed by atoms with Crippen LogP contribution in [0, 0.1) is 5.41 Å². The predicted molar refractivity (Wildman–Crippen MR) is 49.0 cm³/mol. The SMILES string of the molecule is CC.CN1CCC2(C[N-]C2)C1.[K+]. The fourth-order valence-electron chi connectivity index (χ4n) is 1.84. The first kappa shape index (κ1) is 13.6. The Hall–Kier alpha value is 1.56. The zero-order chi connectivity index (χ0) is 8.32. The van der Waals surface area contributed by atoms with Gasteiger partial charge in [-0.25, -0.2) is 0 Å². The largest absolute Gasteiger partial charge is 1.00 e. The molecule has 66 valence electrons. The van der Waals surface area contributed by atoms with Crippen molar-refractivity contribution in [1.29, 1.82) is 0 Å². The molecule has 1 spiro atoms. The van der Waals surface area contributed by atoms with Crippen LogP contribution in [-0.4, -0.2) is 38.1 Å². The minimum absolute atomic E-state index is 0. The summed E-state index contributed by atoms with van der Waals surface area (Å²) in [5, 5.41) is 4.26. The Morgan fingerprint density at radius 1 is 1.25 bits per heavy atom. The summed E-state index contributed by atoms with van der Waals surface area (Å²) in [5.41, 5.74) is 0.648. The van der Waals surface area contributed by atoms with Crippen molar-refractivity contribution in [2.24, 2.45) is 5.41 Å². The maximum absolute atomic E-state index is 4.26. The second-order valence-electron chi connectivity index (χ2n) is 3.53. The third-order valence-electron chi connectivity index (χ3n) is 2.52. The second-order valence-corrected chi connectivity index (χ2v) is 3.53. The molecular formula is C9H19KN2. The monoisotopic (exact) mass is 194 g/mol. The van der Waals surface area contributed by atoms with Gasteiger partial charge in [0.1, 0.15) is 0 Å². The first-order chi connectivity index (χ1) is 5.31. The van der Waals surface area contributed by atoms with Crippen LogP contribution in [0.5, 0.6) is 0 Å². The Morgan fingerprint density at radius 2 is 1.83 bits per heavy atom. The molecule has 0 amide bonds. The molecular weight excluding hydrogens is 175 g/mol. The Morgan fingerprint density at radius 3 is 2.00 bits per heavy atom. The average Bonchev–Trinajstić information content (AvgIpc) is 2.35. The Kier molecular flexibility index (Phi) is 6.91. The van der Waals surface area contributed by atoms with Crippen LogP contribution in [0.4, 0.5) is 0 Å². The Balaban J connectivity index is 0.000000378. The van der Waals surface area contributed by atoms with E-state index in [2.05, 4.69) is 17.3 Å². The van der Waals surface area contributed by atoms with Crippen LogP contribution in [0.3, 0.4) is 0 Å². The molecule has 2 fully saturated rings. The van der Waals surface area contributed by atoms with Crippen molar-refractivity contribution < 1.29 is 51.4 Å². The normalized spacial score (nSPS) is 25.2. The van der Waals surface area contributed by atoms with Crippen LogP contribution in [0.15, 0.2) is 0 Å². The zero-order valence-electron chi connectivity index (χ0n) is 8.93. The van der Waals surface area contributed by atoms with E-state index in [0.717, 1.165) is 13.1 Å². The molecule has 2 nitrogen and oxygen atoms in total. The molecule has 0 radical (unpaired) electrons. The van der Waals surface area contributed by atoms with E-state index in [1.807, 2.05) is 13.8 Å². The van der Waals surface area contributed by atoms with Gasteiger partial charge in [-0.2, -0.15) is 0 Å². The summed E-state index contributed by atoms with van der Waals surface area (Å²) < 4.78 is 0. The first-order valence-corrected chi connectivity index (χ1v) is 4.63. The summed E-state index contributed by atoms with van der Waals surface area (Å²) in [7, 11) is 2.20. The maximum Gasteiger partial charge on any atom is 1.00 e. The third kappa shape index (κ3) is 3.05. The second kappa shape index (κ2) is 6.12. The van der Waals surface area contributed by atoms with Crippen LogP contribution in [0.1, 0.15) is 20.3 Å². The molecule has 0 aromatic heterocycles. The maximum atomic E-state index is 4.26. The van der Waals surface area contributed by atoms with E-state index in [1.165, 1.54) is 19.5 Å². The summed E-state index contributed by atoms with van der Waals surface area (Å²) in [6, 6.07) is 0. The molecule has 0 bridgehead atoms. The standard InChI is InChI=1S/C7H13N2.C2H6.K/c1-9-3-2-7(6-9)4-8-5-7;1-2;/h2-6H2,1H3;1-2H3;/q-1;;+1. The summed E-state index contributed by atoms with van der Waals surface area (Å²) in [6.07, 6.45) is 1.38. The zero-order valence-corrected chi connectivity index (χ0v) is 12.1. The van der Waals surface area contributed by atoms with Gasteiger partial charge in [-0.3, -0.25) is 0 Å². The van der Waals surface area contributed by atoms with Crippen LogP contribution >= 0.6 is 0 Å². The molecule has 2 heterocycles. The fourth-order valence-corrected chi connectivity index (χ4v) is 1.84. The van der Waals surface area contributed by atoms with Gasteiger partial charge in [-0.1, -0.05) is 19.3 Å². The molecule has 0 N–H and O–H groups in total. The summed E-state index contributed by atoms with van der Waals surface area (Å²) in [6.45, 7) is 8.85. The number of rotatable bonds is 0. The summed E-state index contributed by atoms with van der Waals surface area (Å²) in [4.78, 5) is 2.41. The van der Waals surface area contributed by atoms with E-state index in [4.69, 9.17) is 0 Å². The van der Waals surface area contributed by atoms with E-state index < -0.39 is 0 Å². The quantitative estimate of drug-likeness (QED) is 0.439. The van der Waals surface area contributed by atoms with Crippen LogP contribution in [0.2, 0.25) is 0 Å². The summed E-state index contributed by atoms with van der Waals surface area (Å²) in [5.74, 6) is 0. The van der Waals surface area contributed by atoms with Gasteiger partial charge in [-0.15, -0.1) is 13.1 Å². The molecule has 2 aliphatic rings. The smallest absolute Gasteiger partial charge is 0.661 e. The van der Waals surface area contributed by atoms with E-state index in [0.29, 0.717) is 5.41 Å². The molecule has 0 aliphatic carbocycles. The topological polar surface area (TPSA) is 17.3 Å². The predicted octanol–water partition coefficient (Wildman–Crippen LogP) is -1.27. The number of nitrogens with zero attached hydrogens (tertiary/aromatic N) is 2. The molecule has 2 rings (SSSR count). The molecule has 12 heavy (non-hydrogen) atoms. The van der Waals surface area contributed by atoms with Gasteiger partial charge >= 0.3 is 51.4 Å². The molecule has 0 unspecified atom stereocenters. The van der Waals surface area contributed by atoms with Crippen molar-refractivity contribution >= 4 is 0 Å². The van der Waals surface area contributed by atoms with E-state index >= 15 is 0 Å². The van der Waals surface area contributed by atoms with Crippen molar-refractivity contribution in [2.45, 2.75) is 20.3 Å². The van der Waals surface area contributed by atoms with Gasteiger partial charge in [-0.05, 0) is 20.0 Å². The minimum atomic E-state index is 0. The molecule has 0 aromatic carbocycles. The Labute approximate surface area is 119 Å². The van der Waals surface area contributed by atoms with Crippen molar-refractivity contribution in [3.05, 3.63) is 5.32 Å². The fraction of sp³-hybridized carbons (Fsp3) is 1.00. The van der Waals surface area contributed by atoms with Gasteiger partial charge in [0.25, 0.3) is 0 Å². The summed E-state index contributed by atoms with van der Waals surface area (Å²) >= 11 is 0. The van der Waals surface area contributed by atoms with E-state index in [-0.39, 0.29) is 51.4 Å². The molecule has 0 aromatic rings. The van der Waals surface area contributed by atoms with Crippen LogP contribution < -0.4 is 51.4 Å². The first-order valence-electron chi connectivity index (χ1n) is 4.63. The molecule has 0 atom stereocenters. The molecule has 2 aliphatic heterocycles. The number of hydrogen-bond acceptors (Lipinski definition) is 1. The number of likely N-dealkylation sites (tertiary alicyclic amines) is 1. The van der Waals surface area contributed by atoms with Gasteiger partial charge < -0.3 is 10.2 Å². The van der Waals surface area contributed by atoms with Crippen molar-refractivity contribution in [3.63, 3.8) is 0 Å². The molecule has 3 heteroatoms. The van der Waals surface area contributed by atoms with Gasteiger partial charge in [0, 0.05) is 6.54 Å². The van der Waals surface area contributed by atoms with Crippen molar-refractivity contribution in [1.82, 2.24) is 4.90 Å². The molecule has 2 saturated heterocycles. The van der Waals surface area contributed by atoms with Crippen LogP contribution in [0.25, 0.3) is 5.32 Å². The van der Waals surface area contributed by atoms with Gasteiger partial charge in [0.15, 0.2) is 0 Å². The van der Waals surface area contributed by atoms with Crippen molar-refractivity contribution in [3.8, 4) is 0 Å². The number of hydrogen-bond donors (Lipinski definition) is 0. The minimum Gasteiger partial charge on any atom is -0.661 e. The van der Waals surface area contributed by atoms with E-state index in [9.17, 15) is 0 Å². The van der Waals surface area contributed by atoms with E-state index in [1.54, 1.807) is 0 Å². The van der Waals surface area contributed by atoms with Crippen molar-refractivity contribution in [2.75, 3.05) is 33.2 Å². The third-order valence-corrected chi connectivity index (χ3v) is 2.52. The van der Waals surface area contributed by atoms with Gasteiger partial charge in [0.05, 0.1) is 0 Å². The van der Waals surface area contributed by atoms with Gasteiger partial charge in [0.2, 0.25) is 0 Å². The van der Waals surface area contributed by atoms with Crippen LogP contribution in [-0.2, 0) is 0 Å².